The summed E-state index contributed by atoms with van der Waals surface area (Å²) in [6.45, 7) is 3.29. The van der Waals surface area contributed by atoms with Crippen LogP contribution < -0.4 is 41.5 Å². The van der Waals surface area contributed by atoms with Crippen LogP contribution in [0.1, 0.15) is 65.7 Å². The second-order valence-electron chi connectivity index (χ2n) is 14.8. The number of halogens is 1. The number of anilines is 6. The quantitative estimate of drug-likeness (QED) is 0.0443. The number of amides is 4. The van der Waals surface area contributed by atoms with Crippen molar-refractivity contribution in [3.63, 3.8) is 0 Å². The van der Waals surface area contributed by atoms with Crippen molar-refractivity contribution in [2.75, 3.05) is 68.4 Å². The number of carbonyl (C=O) groups is 4. The predicted molar refractivity (Wildman–Crippen MR) is 233 cm³/mol. The van der Waals surface area contributed by atoms with Gasteiger partial charge in [-0.2, -0.15) is 4.98 Å². The Hall–Kier alpha value is -5.58. The second kappa shape index (κ2) is 19.4. The lowest BCUT2D eigenvalue weighted by atomic mass is 10.0. The number of ether oxygens (including phenoxy) is 1. The third kappa shape index (κ3) is 9.66. The van der Waals surface area contributed by atoms with Gasteiger partial charge in [-0.25, -0.2) is 4.98 Å². The number of hydrogen-bond acceptors (Lipinski definition) is 15. The first-order valence-corrected chi connectivity index (χ1v) is 22.1. The summed E-state index contributed by atoms with van der Waals surface area (Å²) in [5.41, 5.74) is 3.29. The number of para-hydroxylation sites is 1. The van der Waals surface area contributed by atoms with E-state index in [0.717, 1.165) is 62.3 Å². The van der Waals surface area contributed by atoms with Crippen molar-refractivity contribution in [3.05, 3.63) is 83.0 Å². The number of imide groups is 2. The fourth-order valence-electron chi connectivity index (χ4n) is 7.79. The average molecular weight is 874 g/mol. The van der Waals surface area contributed by atoms with Crippen molar-refractivity contribution in [1.29, 1.82) is 0 Å². The summed E-state index contributed by atoms with van der Waals surface area (Å²) in [5, 5.41) is 16.2. The lowest BCUT2D eigenvalue weighted by Gasteiger charge is -2.34. The smallest absolute Gasteiger partial charge is 0.362 e. The topological polar surface area (TPSA) is 205 Å². The summed E-state index contributed by atoms with van der Waals surface area (Å²) < 4.78 is 29.4. The van der Waals surface area contributed by atoms with Crippen LogP contribution in [0.5, 0.6) is 5.75 Å². The zero-order chi connectivity index (χ0) is 43.1. The van der Waals surface area contributed by atoms with Gasteiger partial charge in [0, 0.05) is 63.8 Å². The number of aromatic nitrogens is 2. The van der Waals surface area contributed by atoms with Gasteiger partial charge in [-0.05, 0) is 75.0 Å². The van der Waals surface area contributed by atoms with Crippen LogP contribution in [-0.2, 0) is 23.2 Å². The van der Waals surface area contributed by atoms with E-state index < -0.39 is 37.3 Å². The van der Waals surface area contributed by atoms with Crippen molar-refractivity contribution in [1.82, 2.24) is 25.5 Å². The SMILES string of the molecule is COc1cc(N2CCC(NCCCCCNc3cccc4c3C(=O)N(C3CCC(=O)NC3=O)C4=O)CC2)ccc1Nc1ncc(Cl)c(Nc2ccccc2P(=O)(OC)OC)n1. The monoisotopic (exact) mass is 873 g/mol. The molecular weight excluding hydrogens is 825 g/mol. The van der Waals surface area contributed by atoms with Crippen LogP contribution >= 0.6 is 19.2 Å². The minimum Gasteiger partial charge on any atom is -0.494 e. The zero-order valence-electron chi connectivity index (χ0n) is 34.2. The first-order chi connectivity index (χ1) is 29.5. The molecule has 1 atom stereocenters. The maximum Gasteiger partial charge on any atom is 0.362 e. The molecule has 0 radical (unpaired) electrons. The van der Waals surface area contributed by atoms with Crippen LogP contribution in [0.4, 0.5) is 34.5 Å². The van der Waals surface area contributed by atoms with Gasteiger partial charge in [-0.1, -0.05) is 36.2 Å². The molecule has 2 fully saturated rings. The highest BCUT2D eigenvalue weighted by Gasteiger charge is 2.45. The molecule has 1 aromatic heterocycles. The molecule has 17 nitrogen and oxygen atoms in total. The Kier molecular flexibility index (Phi) is 13.9. The van der Waals surface area contributed by atoms with Crippen molar-refractivity contribution in [2.24, 2.45) is 0 Å². The lowest BCUT2D eigenvalue weighted by Crippen LogP contribution is -2.54. The molecule has 2 saturated heterocycles. The van der Waals surface area contributed by atoms with Gasteiger partial charge in [0.25, 0.3) is 11.8 Å². The van der Waals surface area contributed by atoms with E-state index in [1.54, 1.807) is 49.6 Å². The van der Waals surface area contributed by atoms with E-state index in [-0.39, 0.29) is 34.9 Å². The Labute approximate surface area is 358 Å². The summed E-state index contributed by atoms with van der Waals surface area (Å²) >= 11 is 6.46. The molecule has 7 rings (SSSR count). The standard InChI is InChI=1S/C42H49ClN9O8P/c1-58-34-24-27(14-15-30(34)48-42-46-25-29(43)38(50-42)47-31-11-5-6-13-35(31)61(57,59-2)60-3)51-22-18-26(19-23-51)44-20-7-4-8-21-45-32-12-9-10-28-37(32)41(56)52(40(28)55)33-16-17-36(53)49-39(33)54/h5-6,9-15,24-26,33,44-45H,4,7-8,16-23H2,1-3H3,(H,49,53,54)(H2,46,47,48,50). The zero-order valence-corrected chi connectivity index (χ0v) is 35.8. The number of methoxy groups -OCH3 is 1. The number of benzene rings is 3. The van der Waals surface area contributed by atoms with Gasteiger partial charge in [-0.15, -0.1) is 0 Å². The molecule has 0 spiro atoms. The molecule has 0 aliphatic carbocycles. The molecule has 322 valence electrons. The Morgan fingerprint density at radius 2 is 1.61 bits per heavy atom. The molecular formula is C42H49ClN9O8P. The highest BCUT2D eigenvalue weighted by Crippen LogP contribution is 2.47. The maximum atomic E-state index is 13.3. The minimum absolute atomic E-state index is 0.0785. The number of piperidine rings is 2. The van der Waals surface area contributed by atoms with Crippen molar-refractivity contribution < 1.29 is 37.5 Å². The molecule has 19 heteroatoms. The van der Waals surface area contributed by atoms with E-state index in [9.17, 15) is 23.7 Å². The minimum atomic E-state index is -3.57. The molecule has 3 aliphatic heterocycles. The van der Waals surface area contributed by atoms with Crippen LogP contribution in [0, 0.1) is 0 Å². The van der Waals surface area contributed by atoms with Crippen LogP contribution in [0.25, 0.3) is 0 Å². The predicted octanol–water partition coefficient (Wildman–Crippen LogP) is 5.98. The van der Waals surface area contributed by atoms with Crippen LogP contribution in [0.15, 0.2) is 66.9 Å². The van der Waals surface area contributed by atoms with Gasteiger partial charge in [0.05, 0.1) is 41.1 Å². The Balaban J connectivity index is 0.849. The van der Waals surface area contributed by atoms with Gasteiger partial charge in [0.1, 0.15) is 16.8 Å². The number of hydrogen-bond donors (Lipinski definition) is 5. The highest BCUT2D eigenvalue weighted by molar-refractivity contribution is 7.62. The summed E-state index contributed by atoms with van der Waals surface area (Å²) in [7, 11) is 0.695. The number of nitrogens with zero attached hydrogens (tertiary/aromatic N) is 4. The lowest BCUT2D eigenvalue weighted by molar-refractivity contribution is -0.136. The second-order valence-corrected chi connectivity index (χ2v) is 17.4. The summed E-state index contributed by atoms with van der Waals surface area (Å²) in [5.74, 6) is -0.865. The van der Waals surface area contributed by atoms with Gasteiger partial charge >= 0.3 is 7.60 Å². The molecule has 0 saturated carbocycles. The van der Waals surface area contributed by atoms with Crippen molar-refractivity contribution in [3.8, 4) is 5.75 Å². The normalized spacial score (nSPS) is 17.0. The number of rotatable bonds is 18. The van der Waals surface area contributed by atoms with E-state index in [2.05, 4.69) is 41.5 Å². The molecule has 4 amide bonds. The van der Waals surface area contributed by atoms with E-state index in [0.29, 0.717) is 46.5 Å². The van der Waals surface area contributed by atoms with Gasteiger partial charge in [0.2, 0.25) is 17.8 Å². The molecule has 1 unspecified atom stereocenters. The van der Waals surface area contributed by atoms with Crippen molar-refractivity contribution >= 4 is 82.6 Å². The molecule has 3 aromatic carbocycles. The van der Waals surface area contributed by atoms with Crippen LogP contribution in [0.3, 0.4) is 0 Å². The fraction of sp³-hybridized carbons (Fsp3) is 0.381. The number of nitrogens with one attached hydrogen (secondary N) is 5. The first-order valence-electron chi connectivity index (χ1n) is 20.2. The fourth-order valence-corrected chi connectivity index (χ4v) is 9.17. The highest BCUT2D eigenvalue weighted by atomic mass is 35.5. The Morgan fingerprint density at radius 1 is 0.852 bits per heavy atom. The largest absolute Gasteiger partial charge is 0.494 e. The van der Waals surface area contributed by atoms with E-state index in [4.69, 9.17) is 25.4 Å². The molecule has 3 aliphatic rings. The number of fused-ring (bicyclic) bond motifs is 1. The molecule has 0 bridgehead atoms. The van der Waals surface area contributed by atoms with Crippen LogP contribution in [-0.4, -0.2) is 98.1 Å². The number of unbranched alkanes of at least 4 members (excludes halogenated alkanes) is 2. The summed E-state index contributed by atoms with van der Waals surface area (Å²) in [6.07, 6.45) is 6.50. The summed E-state index contributed by atoms with van der Waals surface area (Å²) in [6, 6.07) is 17.4. The number of carbonyl (C=O) groups excluding carboxylic acids is 4. The molecule has 4 aromatic rings. The Morgan fingerprint density at radius 3 is 2.36 bits per heavy atom. The van der Waals surface area contributed by atoms with E-state index in [1.807, 2.05) is 18.2 Å². The molecule has 5 N–H and O–H groups in total. The van der Waals surface area contributed by atoms with Crippen LogP contribution in [0.2, 0.25) is 5.02 Å². The van der Waals surface area contributed by atoms with Crippen molar-refractivity contribution in [2.45, 2.75) is 57.0 Å². The maximum absolute atomic E-state index is 13.3. The Bertz CT molecular complexity index is 2340. The third-order valence-corrected chi connectivity index (χ3v) is 13.3. The van der Waals surface area contributed by atoms with E-state index >= 15 is 0 Å². The van der Waals surface area contributed by atoms with Gasteiger partial charge < -0.3 is 40.0 Å². The average Bonchev–Trinajstić information content (AvgIpc) is 3.53. The van der Waals surface area contributed by atoms with Gasteiger partial charge in [-0.3, -0.25) is 34.0 Å². The van der Waals surface area contributed by atoms with E-state index in [1.165, 1.54) is 20.4 Å². The summed E-state index contributed by atoms with van der Waals surface area (Å²) in [4.78, 5) is 62.8. The third-order valence-electron chi connectivity index (χ3n) is 11.0. The molecule has 4 heterocycles. The first kappa shape index (κ1) is 43.5. The molecule has 61 heavy (non-hydrogen) atoms. The van der Waals surface area contributed by atoms with Gasteiger partial charge in [0.15, 0.2) is 5.82 Å².